The van der Waals surface area contributed by atoms with E-state index in [-0.39, 0.29) is 6.17 Å². The lowest BCUT2D eigenvalue weighted by atomic mass is 10.3. The molecule has 2 heteroatoms. The van der Waals surface area contributed by atoms with Crippen molar-refractivity contribution in [3.8, 4) is 0 Å². The number of aryl methyl sites for hydroxylation is 1. The SMILES string of the molecule is C=CC(N)n1ccc(C)c1C. The molecule has 0 radical (unpaired) electrons. The Morgan fingerprint density at radius 3 is 2.64 bits per heavy atom. The molecule has 1 atom stereocenters. The van der Waals surface area contributed by atoms with E-state index in [1.54, 1.807) is 6.08 Å². The van der Waals surface area contributed by atoms with Gasteiger partial charge < -0.3 is 10.3 Å². The maximum atomic E-state index is 5.75. The molecule has 60 valence electrons. The molecule has 0 aliphatic rings. The first-order chi connectivity index (χ1) is 5.16. The molecule has 0 aliphatic carbocycles. The fraction of sp³-hybridized carbons (Fsp3) is 0.333. The van der Waals surface area contributed by atoms with Crippen molar-refractivity contribution >= 4 is 0 Å². The lowest BCUT2D eigenvalue weighted by Crippen LogP contribution is -2.15. The van der Waals surface area contributed by atoms with E-state index in [0.717, 1.165) is 0 Å². The molecule has 0 saturated heterocycles. The van der Waals surface area contributed by atoms with Crippen molar-refractivity contribution in [1.29, 1.82) is 0 Å². The fourth-order valence-electron chi connectivity index (χ4n) is 1.06. The molecule has 1 heterocycles. The molecule has 1 unspecified atom stereocenters. The van der Waals surface area contributed by atoms with Gasteiger partial charge in [-0.3, -0.25) is 0 Å². The van der Waals surface area contributed by atoms with Gasteiger partial charge in [-0.25, -0.2) is 0 Å². The normalized spacial score (nSPS) is 13.0. The van der Waals surface area contributed by atoms with Crippen LogP contribution >= 0.6 is 0 Å². The first kappa shape index (κ1) is 8.08. The number of nitrogens with zero attached hydrogens (tertiary/aromatic N) is 1. The van der Waals surface area contributed by atoms with Gasteiger partial charge in [-0.1, -0.05) is 12.7 Å². The third-order valence-corrected chi connectivity index (χ3v) is 2.01. The third-order valence-electron chi connectivity index (χ3n) is 2.01. The molecule has 1 rings (SSSR count). The maximum absolute atomic E-state index is 5.75. The van der Waals surface area contributed by atoms with Crippen LogP contribution < -0.4 is 5.73 Å². The van der Waals surface area contributed by atoms with Gasteiger partial charge in [-0.2, -0.15) is 0 Å². The molecule has 0 amide bonds. The summed E-state index contributed by atoms with van der Waals surface area (Å²) in [5.41, 5.74) is 8.23. The Balaban J connectivity index is 3.03. The highest BCUT2D eigenvalue weighted by Gasteiger charge is 2.03. The first-order valence-corrected chi connectivity index (χ1v) is 3.69. The number of hydrogen-bond donors (Lipinski definition) is 1. The van der Waals surface area contributed by atoms with E-state index in [1.807, 2.05) is 10.8 Å². The van der Waals surface area contributed by atoms with Crippen LogP contribution in [0.3, 0.4) is 0 Å². The zero-order valence-corrected chi connectivity index (χ0v) is 7.04. The summed E-state index contributed by atoms with van der Waals surface area (Å²) in [7, 11) is 0. The summed E-state index contributed by atoms with van der Waals surface area (Å²) in [5, 5.41) is 0. The van der Waals surface area contributed by atoms with Crippen LogP contribution in [0.25, 0.3) is 0 Å². The number of rotatable bonds is 2. The minimum absolute atomic E-state index is 0.0938. The van der Waals surface area contributed by atoms with Crippen molar-refractivity contribution < 1.29 is 0 Å². The largest absolute Gasteiger partial charge is 0.332 e. The Labute approximate surface area is 67.3 Å². The quantitative estimate of drug-likeness (QED) is 0.640. The van der Waals surface area contributed by atoms with Gasteiger partial charge in [-0.15, -0.1) is 0 Å². The molecule has 1 aromatic heterocycles. The average Bonchev–Trinajstić information content (AvgIpc) is 2.32. The van der Waals surface area contributed by atoms with Crippen LogP contribution in [0.5, 0.6) is 0 Å². The number of aromatic nitrogens is 1. The van der Waals surface area contributed by atoms with Crippen LogP contribution in [0.4, 0.5) is 0 Å². The topological polar surface area (TPSA) is 30.9 Å². The summed E-state index contributed by atoms with van der Waals surface area (Å²) < 4.78 is 2.00. The first-order valence-electron chi connectivity index (χ1n) is 3.69. The van der Waals surface area contributed by atoms with Gasteiger partial charge in [0.05, 0.1) is 6.17 Å². The molecule has 0 saturated carbocycles. The molecular weight excluding hydrogens is 136 g/mol. The Morgan fingerprint density at radius 2 is 2.27 bits per heavy atom. The Kier molecular flexibility index (Phi) is 2.15. The monoisotopic (exact) mass is 150 g/mol. The molecule has 11 heavy (non-hydrogen) atoms. The maximum Gasteiger partial charge on any atom is 0.0998 e. The zero-order chi connectivity index (χ0) is 8.43. The Hall–Kier alpha value is -1.02. The predicted molar refractivity (Wildman–Crippen MR) is 47.3 cm³/mol. The van der Waals surface area contributed by atoms with Gasteiger partial charge in [-0.05, 0) is 25.5 Å². The second-order valence-corrected chi connectivity index (χ2v) is 2.72. The molecule has 0 aliphatic heterocycles. The summed E-state index contributed by atoms with van der Waals surface area (Å²) in [4.78, 5) is 0. The van der Waals surface area contributed by atoms with E-state index < -0.39 is 0 Å². The fourth-order valence-corrected chi connectivity index (χ4v) is 1.06. The summed E-state index contributed by atoms with van der Waals surface area (Å²) >= 11 is 0. The Bertz CT molecular complexity index is 261. The van der Waals surface area contributed by atoms with Crippen molar-refractivity contribution in [2.45, 2.75) is 20.0 Å². The van der Waals surface area contributed by atoms with Gasteiger partial charge in [0.15, 0.2) is 0 Å². The van der Waals surface area contributed by atoms with E-state index in [2.05, 4.69) is 26.5 Å². The van der Waals surface area contributed by atoms with E-state index in [9.17, 15) is 0 Å². The summed E-state index contributed by atoms with van der Waals surface area (Å²) in [6.07, 6.45) is 3.62. The molecule has 1 aromatic rings. The highest BCUT2D eigenvalue weighted by Crippen LogP contribution is 2.11. The molecule has 0 spiro atoms. The van der Waals surface area contributed by atoms with Crippen molar-refractivity contribution in [3.63, 3.8) is 0 Å². The van der Waals surface area contributed by atoms with Crippen LogP contribution in [0.2, 0.25) is 0 Å². The zero-order valence-electron chi connectivity index (χ0n) is 7.04. The van der Waals surface area contributed by atoms with Crippen LogP contribution in [0.1, 0.15) is 17.4 Å². The van der Waals surface area contributed by atoms with Crippen LogP contribution in [-0.4, -0.2) is 4.57 Å². The lowest BCUT2D eigenvalue weighted by molar-refractivity contribution is 0.618. The lowest BCUT2D eigenvalue weighted by Gasteiger charge is -2.10. The van der Waals surface area contributed by atoms with Gasteiger partial charge in [0.1, 0.15) is 0 Å². The molecule has 2 nitrogen and oxygen atoms in total. The van der Waals surface area contributed by atoms with Crippen molar-refractivity contribution in [2.75, 3.05) is 0 Å². The molecule has 0 fully saturated rings. The molecule has 0 aromatic carbocycles. The summed E-state index contributed by atoms with van der Waals surface area (Å²) in [6, 6.07) is 2.05. The second kappa shape index (κ2) is 2.93. The van der Waals surface area contributed by atoms with Crippen LogP contribution in [0, 0.1) is 13.8 Å². The predicted octanol–water partition coefficient (Wildman–Crippen LogP) is 1.75. The minimum atomic E-state index is -0.0938. The number of hydrogen-bond acceptors (Lipinski definition) is 1. The number of nitrogens with two attached hydrogens (primary N) is 1. The third kappa shape index (κ3) is 1.35. The van der Waals surface area contributed by atoms with E-state index in [4.69, 9.17) is 5.73 Å². The summed E-state index contributed by atoms with van der Waals surface area (Å²) in [6.45, 7) is 7.77. The molecular formula is C9H14N2. The van der Waals surface area contributed by atoms with Crippen molar-refractivity contribution in [1.82, 2.24) is 4.57 Å². The second-order valence-electron chi connectivity index (χ2n) is 2.72. The van der Waals surface area contributed by atoms with E-state index in [1.165, 1.54) is 11.3 Å². The molecule has 2 N–H and O–H groups in total. The standard InChI is InChI=1S/C9H14N2/c1-4-9(10)11-6-5-7(2)8(11)3/h4-6,9H,1,10H2,2-3H3. The smallest absolute Gasteiger partial charge is 0.0998 e. The molecule has 0 bridgehead atoms. The highest BCUT2D eigenvalue weighted by atomic mass is 15.1. The average molecular weight is 150 g/mol. The van der Waals surface area contributed by atoms with Crippen molar-refractivity contribution in [2.24, 2.45) is 5.73 Å². The summed E-state index contributed by atoms with van der Waals surface area (Å²) in [5.74, 6) is 0. The van der Waals surface area contributed by atoms with E-state index >= 15 is 0 Å². The highest BCUT2D eigenvalue weighted by molar-refractivity contribution is 5.20. The van der Waals surface area contributed by atoms with Gasteiger partial charge in [0.25, 0.3) is 0 Å². The van der Waals surface area contributed by atoms with Gasteiger partial charge in [0.2, 0.25) is 0 Å². The van der Waals surface area contributed by atoms with E-state index in [0.29, 0.717) is 0 Å². The van der Waals surface area contributed by atoms with Crippen LogP contribution in [-0.2, 0) is 0 Å². The van der Waals surface area contributed by atoms with Gasteiger partial charge in [0, 0.05) is 11.9 Å². The van der Waals surface area contributed by atoms with Crippen molar-refractivity contribution in [3.05, 3.63) is 36.2 Å². The Morgan fingerprint density at radius 1 is 1.64 bits per heavy atom. The van der Waals surface area contributed by atoms with Gasteiger partial charge >= 0.3 is 0 Å². The van der Waals surface area contributed by atoms with Crippen LogP contribution in [0.15, 0.2) is 24.9 Å². The minimum Gasteiger partial charge on any atom is -0.332 e.